The molecule has 186 valence electrons. The van der Waals surface area contributed by atoms with Gasteiger partial charge in [0, 0.05) is 24.8 Å². The van der Waals surface area contributed by atoms with Crippen molar-refractivity contribution in [1.82, 2.24) is 15.6 Å². The van der Waals surface area contributed by atoms with Crippen molar-refractivity contribution in [3.8, 4) is 0 Å². The van der Waals surface area contributed by atoms with Crippen molar-refractivity contribution in [2.75, 3.05) is 18.5 Å². The van der Waals surface area contributed by atoms with Crippen LogP contribution in [0.1, 0.15) is 57.1 Å². The first kappa shape index (κ1) is 27.3. The molecular weight excluding hydrogens is 442 g/mol. The molecule has 3 unspecified atom stereocenters. The van der Waals surface area contributed by atoms with E-state index in [0.29, 0.717) is 25.2 Å². The molecule has 0 bridgehead atoms. The summed E-state index contributed by atoms with van der Waals surface area (Å²) >= 11 is 0. The molecule has 0 aliphatic carbocycles. The minimum Gasteiger partial charge on any atom is -0.395 e. The number of carbonyl (C=O) groups is 2. The molecule has 4 N–H and O–H groups in total. The molecule has 0 saturated heterocycles. The number of anilines is 1. The van der Waals surface area contributed by atoms with Crippen LogP contribution >= 0.6 is 0 Å². The van der Waals surface area contributed by atoms with E-state index in [1.807, 2.05) is 13.0 Å². The molecule has 0 spiro atoms. The Balaban J connectivity index is 1.94. The number of pyridine rings is 1. The Hall–Kier alpha value is -2.91. The van der Waals surface area contributed by atoms with E-state index in [0.717, 1.165) is 30.2 Å². The van der Waals surface area contributed by atoms with E-state index < -0.39 is 29.5 Å². The number of nitrogens with zero attached hydrogens (tertiary/aromatic N) is 1. The highest BCUT2D eigenvalue weighted by atomic mass is 19.1. The van der Waals surface area contributed by atoms with Gasteiger partial charge in [0.25, 0.3) is 0 Å². The Morgan fingerprint density at radius 3 is 2.41 bits per heavy atom. The fourth-order valence-electron chi connectivity index (χ4n) is 3.75. The molecule has 0 saturated carbocycles. The number of amides is 2. The molecular formula is C25H34F2N4O3. The van der Waals surface area contributed by atoms with Crippen LogP contribution < -0.4 is 16.0 Å². The summed E-state index contributed by atoms with van der Waals surface area (Å²) in [5.41, 5.74) is 1.22. The van der Waals surface area contributed by atoms with Crippen molar-refractivity contribution in [1.29, 1.82) is 0 Å². The van der Waals surface area contributed by atoms with Crippen molar-refractivity contribution in [2.24, 2.45) is 0 Å². The Kier molecular flexibility index (Phi) is 11.0. The molecule has 34 heavy (non-hydrogen) atoms. The maximum atomic E-state index is 13.4. The molecule has 0 aliphatic rings. The predicted octanol–water partition coefficient (Wildman–Crippen LogP) is 3.29. The second-order valence-corrected chi connectivity index (χ2v) is 8.54. The third-order valence-corrected chi connectivity index (χ3v) is 5.43. The molecule has 0 fully saturated rings. The van der Waals surface area contributed by atoms with Crippen LogP contribution in [-0.2, 0) is 16.0 Å². The fourth-order valence-corrected chi connectivity index (χ4v) is 3.75. The molecule has 2 aromatic rings. The summed E-state index contributed by atoms with van der Waals surface area (Å²) in [6, 6.07) is 5.98. The monoisotopic (exact) mass is 476 g/mol. The summed E-state index contributed by atoms with van der Waals surface area (Å²) < 4.78 is 26.7. The van der Waals surface area contributed by atoms with E-state index >= 15 is 0 Å². The minimum absolute atomic E-state index is 0.0947. The Morgan fingerprint density at radius 1 is 1.12 bits per heavy atom. The summed E-state index contributed by atoms with van der Waals surface area (Å²) in [5, 5.41) is 17.5. The average molecular weight is 477 g/mol. The third kappa shape index (κ3) is 9.15. The van der Waals surface area contributed by atoms with E-state index in [9.17, 15) is 18.4 Å². The summed E-state index contributed by atoms with van der Waals surface area (Å²) in [5.74, 6) is -1.82. The SMILES string of the molecule is CCCC(NC(=O)Cc1cc(F)cc(F)c1)C(=O)Nc1ccc(C(C)CC(C)NCCO)cn1. The Labute approximate surface area is 199 Å². The fraction of sp³-hybridized carbons (Fsp3) is 0.480. The lowest BCUT2D eigenvalue weighted by Crippen LogP contribution is -2.44. The van der Waals surface area contributed by atoms with E-state index in [2.05, 4.69) is 34.8 Å². The number of benzene rings is 1. The highest BCUT2D eigenvalue weighted by molar-refractivity contribution is 5.96. The first-order valence-corrected chi connectivity index (χ1v) is 11.6. The zero-order chi connectivity index (χ0) is 25.1. The number of halogens is 2. The quantitative estimate of drug-likeness (QED) is 0.355. The van der Waals surface area contributed by atoms with Gasteiger partial charge in [0.15, 0.2) is 0 Å². The molecule has 1 aromatic heterocycles. The predicted molar refractivity (Wildman–Crippen MR) is 127 cm³/mol. The summed E-state index contributed by atoms with van der Waals surface area (Å²) in [6.45, 7) is 6.67. The smallest absolute Gasteiger partial charge is 0.248 e. The van der Waals surface area contributed by atoms with Gasteiger partial charge in [-0.1, -0.05) is 26.3 Å². The van der Waals surface area contributed by atoms with Crippen molar-refractivity contribution in [3.63, 3.8) is 0 Å². The number of hydrogen-bond donors (Lipinski definition) is 4. The van der Waals surface area contributed by atoms with Gasteiger partial charge in [0.2, 0.25) is 11.8 Å². The van der Waals surface area contributed by atoms with E-state index in [1.165, 1.54) is 0 Å². The van der Waals surface area contributed by atoms with Crippen LogP contribution in [0.25, 0.3) is 0 Å². The minimum atomic E-state index is -0.797. The average Bonchev–Trinajstić information content (AvgIpc) is 2.77. The number of carbonyl (C=O) groups excluding carboxylic acids is 2. The summed E-state index contributed by atoms with van der Waals surface area (Å²) in [6.07, 6.45) is 3.40. The van der Waals surface area contributed by atoms with Crippen LogP contribution in [0.5, 0.6) is 0 Å². The number of nitrogens with one attached hydrogen (secondary N) is 3. The number of hydrogen-bond acceptors (Lipinski definition) is 5. The van der Waals surface area contributed by atoms with Gasteiger partial charge in [-0.25, -0.2) is 13.8 Å². The van der Waals surface area contributed by atoms with Gasteiger partial charge in [-0.15, -0.1) is 0 Å². The molecule has 3 atom stereocenters. The molecule has 1 heterocycles. The van der Waals surface area contributed by atoms with Crippen molar-refractivity contribution < 1.29 is 23.5 Å². The number of rotatable bonds is 13. The summed E-state index contributed by atoms with van der Waals surface area (Å²) in [4.78, 5) is 29.5. The normalized spacial score (nSPS) is 13.7. The third-order valence-electron chi connectivity index (χ3n) is 5.43. The van der Waals surface area contributed by atoms with Gasteiger partial charge < -0.3 is 21.1 Å². The highest BCUT2D eigenvalue weighted by Crippen LogP contribution is 2.21. The lowest BCUT2D eigenvalue weighted by Gasteiger charge is -2.19. The Morgan fingerprint density at radius 2 is 1.82 bits per heavy atom. The van der Waals surface area contributed by atoms with Crippen molar-refractivity contribution >= 4 is 17.6 Å². The van der Waals surface area contributed by atoms with Crippen LogP contribution in [-0.4, -0.2) is 47.1 Å². The Bertz CT molecular complexity index is 920. The first-order valence-electron chi connectivity index (χ1n) is 11.6. The van der Waals surface area contributed by atoms with Gasteiger partial charge >= 0.3 is 0 Å². The standard InChI is InChI=1S/C25H34F2N4O3/c1-4-5-22(30-24(33)13-18-11-20(26)14-21(27)12-18)25(34)31-23-7-6-19(15-29-23)16(2)10-17(3)28-8-9-32/h6-7,11-12,14-17,22,28,32H,4-5,8-10,13H2,1-3H3,(H,30,33)(H,29,31,34). The first-order chi connectivity index (χ1) is 16.2. The maximum absolute atomic E-state index is 13.4. The van der Waals surface area contributed by atoms with E-state index in [-0.39, 0.29) is 30.6 Å². The van der Waals surface area contributed by atoms with Gasteiger partial charge in [-0.2, -0.15) is 0 Å². The molecule has 0 radical (unpaired) electrons. The second kappa shape index (κ2) is 13.7. The molecule has 0 aliphatic heterocycles. The molecule has 7 nitrogen and oxygen atoms in total. The lowest BCUT2D eigenvalue weighted by atomic mass is 9.96. The largest absolute Gasteiger partial charge is 0.395 e. The number of aliphatic hydroxyl groups excluding tert-OH is 1. The van der Waals surface area contributed by atoms with Gasteiger partial charge in [-0.3, -0.25) is 9.59 Å². The molecule has 2 amide bonds. The van der Waals surface area contributed by atoms with E-state index in [4.69, 9.17) is 5.11 Å². The van der Waals surface area contributed by atoms with Crippen LogP contribution in [0.3, 0.4) is 0 Å². The van der Waals surface area contributed by atoms with Crippen molar-refractivity contribution in [3.05, 3.63) is 59.3 Å². The molecule has 9 heteroatoms. The van der Waals surface area contributed by atoms with Crippen molar-refractivity contribution in [2.45, 2.75) is 64.5 Å². The molecule has 1 aromatic carbocycles. The maximum Gasteiger partial charge on any atom is 0.248 e. The van der Waals surface area contributed by atoms with Gasteiger partial charge in [-0.05, 0) is 55.0 Å². The summed E-state index contributed by atoms with van der Waals surface area (Å²) in [7, 11) is 0. The lowest BCUT2D eigenvalue weighted by molar-refractivity contribution is -0.126. The highest BCUT2D eigenvalue weighted by Gasteiger charge is 2.21. The van der Waals surface area contributed by atoms with Crippen LogP contribution in [0.2, 0.25) is 0 Å². The van der Waals surface area contributed by atoms with E-state index in [1.54, 1.807) is 12.3 Å². The van der Waals surface area contributed by atoms with Crippen LogP contribution in [0, 0.1) is 11.6 Å². The molecule has 2 rings (SSSR count). The number of aliphatic hydroxyl groups is 1. The second-order valence-electron chi connectivity index (χ2n) is 8.54. The number of aromatic nitrogens is 1. The van der Waals surface area contributed by atoms with Crippen LogP contribution in [0.4, 0.5) is 14.6 Å². The zero-order valence-electron chi connectivity index (χ0n) is 19.9. The topological polar surface area (TPSA) is 103 Å². The van der Waals surface area contributed by atoms with Gasteiger partial charge in [0.05, 0.1) is 13.0 Å². The van der Waals surface area contributed by atoms with Gasteiger partial charge in [0.1, 0.15) is 23.5 Å². The van der Waals surface area contributed by atoms with Crippen LogP contribution in [0.15, 0.2) is 36.5 Å². The zero-order valence-corrected chi connectivity index (χ0v) is 19.9.